The molecule has 0 aromatic carbocycles. The third-order valence-corrected chi connectivity index (χ3v) is 6.42. The number of esters is 2. The molecule has 3 fully saturated rings. The molecule has 7 atom stereocenters. The van der Waals surface area contributed by atoms with Crippen LogP contribution in [-0.2, 0) is 23.8 Å². The third-order valence-electron chi connectivity index (χ3n) is 6.42. The van der Waals surface area contributed by atoms with Crippen LogP contribution in [0, 0.1) is 5.92 Å². The summed E-state index contributed by atoms with van der Waals surface area (Å²) in [5.74, 6) is -2.17. The summed E-state index contributed by atoms with van der Waals surface area (Å²) in [5.41, 5.74) is -0.516. The van der Waals surface area contributed by atoms with Crippen LogP contribution >= 0.6 is 0 Å². The summed E-state index contributed by atoms with van der Waals surface area (Å²) in [6.45, 7) is 10.8. The molecule has 2 heterocycles. The number of ether oxygens (including phenoxy) is 3. The maximum atomic E-state index is 12.2. The van der Waals surface area contributed by atoms with Gasteiger partial charge in [0.2, 0.25) is 0 Å². The number of allylic oxidation sites excluding steroid dienone is 1. The fourth-order valence-electron chi connectivity index (χ4n) is 4.87. The minimum atomic E-state index is -1.60. The van der Waals surface area contributed by atoms with Gasteiger partial charge in [-0.25, -0.2) is 9.59 Å². The Hall–Kier alpha value is -1.96. The molecule has 1 saturated carbocycles. The van der Waals surface area contributed by atoms with Crippen molar-refractivity contribution in [1.82, 2.24) is 0 Å². The lowest BCUT2D eigenvalue weighted by molar-refractivity contribution is -0.162. The van der Waals surface area contributed by atoms with E-state index in [2.05, 4.69) is 6.58 Å². The average Bonchev–Trinajstić information content (AvgIpc) is 3.08. The summed E-state index contributed by atoms with van der Waals surface area (Å²) in [5, 5.41) is 22.7. The number of fused-ring (bicyclic) bond motifs is 5. The highest BCUT2D eigenvalue weighted by atomic mass is 16.6. The van der Waals surface area contributed by atoms with Gasteiger partial charge in [0.25, 0.3) is 0 Å². The normalized spacial score (nSPS) is 44.7. The molecule has 2 N–H and O–H groups in total. The molecule has 7 heteroatoms. The van der Waals surface area contributed by atoms with Gasteiger partial charge >= 0.3 is 11.9 Å². The van der Waals surface area contributed by atoms with Crippen LogP contribution in [0.1, 0.15) is 34.1 Å². The molecule has 4 rings (SSSR count). The number of aliphatic hydroxyl groups excluding tert-OH is 1. The summed E-state index contributed by atoms with van der Waals surface area (Å²) in [7, 11) is 0. The lowest BCUT2D eigenvalue weighted by atomic mass is 9.76. The van der Waals surface area contributed by atoms with Gasteiger partial charge in [-0.05, 0) is 38.8 Å². The van der Waals surface area contributed by atoms with Crippen LogP contribution in [0.2, 0.25) is 0 Å². The summed E-state index contributed by atoms with van der Waals surface area (Å²) < 4.78 is 16.7. The zero-order valence-electron chi connectivity index (χ0n) is 15.8. The Kier molecular flexibility index (Phi) is 3.77. The van der Waals surface area contributed by atoms with Crippen LogP contribution in [0.4, 0.5) is 0 Å². The number of hydrogen-bond donors (Lipinski definition) is 2. The average molecular weight is 376 g/mol. The smallest absolute Gasteiger partial charge is 0.334 e. The molecule has 146 valence electrons. The largest absolute Gasteiger partial charge is 0.455 e. The van der Waals surface area contributed by atoms with E-state index in [1.54, 1.807) is 27.7 Å². The minimum absolute atomic E-state index is 0.0611. The van der Waals surface area contributed by atoms with Gasteiger partial charge in [0.1, 0.15) is 23.9 Å². The quantitative estimate of drug-likeness (QED) is 0.320. The van der Waals surface area contributed by atoms with Crippen molar-refractivity contribution in [2.75, 3.05) is 0 Å². The predicted octanol–water partition coefficient (Wildman–Crippen LogP) is 0.946. The van der Waals surface area contributed by atoms with Crippen molar-refractivity contribution in [3.63, 3.8) is 0 Å². The molecule has 4 aliphatic rings. The molecule has 2 aliphatic heterocycles. The van der Waals surface area contributed by atoms with Crippen molar-refractivity contribution in [1.29, 1.82) is 0 Å². The highest BCUT2D eigenvalue weighted by molar-refractivity contribution is 5.91. The van der Waals surface area contributed by atoms with E-state index in [0.29, 0.717) is 17.6 Å². The van der Waals surface area contributed by atoms with Gasteiger partial charge in [-0.2, -0.15) is 0 Å². The van der Waals surface area contributed by atoms with Crippen LogP contribution in [0.15, 0.2) is 34.9 Å². The molecule has 0 radical (unpaired) electrons. The van der Waals surface area contributed by atoms with Gasteiger partial charge in [0.05, 0.1) is 12.0 Å². The first-order valence-electron chi connectivity index (χ1n) is 9.06. The molecular weight excluding hydrogens is 352 g/mol. The first kappa shape index (κ1) is 18.4. The SMILES string of the molecule is C=C1C(=O)OC2C1C(O)C(OC(=O)C=C(C)C)C(C)=C1CC3OC3(C)C12O. The van der Waals surface area contributed by atoms with E-state index in [-0.39, 0.29) is 11.7 Å². The van der Waals surface area contributed by atoms with E-state index < -0.39 is 47.4 Å². The maximum absolute atomic E-state index is 12.2. The monoisotopic (exact) mass is 376 g/mol. The zero-order chi connectivity index (χ0) is 19.9. The lowest BCUT2D eigenvalue weighted by Gasteiger charge is -2.37. The molecule has 0 aromatic heterocycles. The zero-order valence-corrected chi connectivity index (χ0v) is 15.8. The Balaban J connectivity index is 1.83. The Morgan fingerprint density at radius 2 is 2.07 bits per heavy atom. The molecule has 7 unspecified atom stereocenters. The van der Waals surface area contributed by atoms with Gasteiger partial charge in [-0.15, -0.1) is 0 Å². The van der Waals surface area contributed by atoms with Gasteiger partial charge in [0, 0.05) is 18.1 Å². The number of hydrogen-bond acceptors (Lipinski definition) is 7. The second-order valence-electron chi connectivity index (χ2n) is 8.29. The standard InChI is InChI=1S/C20H24O7/c1-8(2)6-13(21)25-16-9(3)11-7-12-19(5,27-12)20(11,24)17-14(15(16)22)10(4)18(23)26-17/h6,12,14-17,22,24H,4,7H2,1-3,5H3. The van der Waals surface area contributed by atoms with Crippen LogP contribution in [-0.4, -0.2) is 57.8 Å². The van der Waals surface area contributed by atoms with E-state index in [4.69, 9.17) is 14.2 Å². The van der Waals surface area contributed by atoms with Gasteiger partial charge in [-0.1, -0.05) is 12.2 Å². The Morgan fingerprint density at radius 1 is 1.41 bits per heavy atom. The first-order valence-corrected chi connectivity index (χ1v) is 9.06. The second-order valence-corrected chi connectivity index (χ2v) is 8.29. The van der Waals surface area contributed by atoms with Gasteiger partial charge < -0.3 is 24.4 Å². The summed E-state index contributed by atoms with van der Waals surface area (Å²) in [4.78, 5) is 24.4. The molecular formula is C20H24O7. The Bertz CT molecular complexity index is 820. The number of aliphatic hydroxyl groups is 2. The highest BCUT2D eigenvalue weighted by Gasteiger charge is 2.79. The molecule has 2 aliphatic carbocycles. The van der Waals surface area contributed by atoms with Crippen molar-refractivity contribution in [3.05, 3.63) is 34.9 Å². The number of carbonyl (C=O) groups is 2. The van der Waals surface area contributed by atoms with Crippen LogP contribution in [0.5, 0.6) is 0 Å². The minimum Gasteiger partial charge on any atom is -0.455 e. The molecule has 0 spiro atoms. The molecule has 0 aromatic rings. The van der Waals surface area contributed by atoms with Crippen molar-refractivity contribution in [2.45, 2.75) is 69.7 Å². The van der Waals surface area contributed by atoms with Crippen molar-refractivity contribution in [2.24, 2.45) is 5.92 Å². The van der Waals surface area contributed by atoms with E-state index in [0.717, 1.165) is 5.57 Å². The van der Waals surface area contributed by atoms with Crippen LogP contribution in [0.3, 0.4) is 0 Å². The van der Waals surface area contributed by atoms with Crippen molar-refractivity contribution in [3.8, 4) is 0 Å². The maximum Gasteiger partial charge on any atom is 0.334 e. The van der Waals surface area contributed by atoms with E-state index in [1.165, 1.54) is 6.08 Å². The van der Waals surface area contributed by atoms with Crippen LogP contribution < -0.4 is 0 Å². The molecule has 0 bridgehead atoms. The second kappa shape index (κ2) is 5.53. The fraction of sp³-hybridized carbons (Fsp3) is 0.600. The topological polar surface area (TPSA) is 106 Å². The summed E-state index contributed by atoms with van der Waals surface area (Å²) >= 11 is 0. The third kappa shape index (κ3) is 2.25. The Morgan fingerprint density at radius 3 is 2.70 bits per heavy atom. The van der Waals surface area contributed by atoms with Gasteiger partial charge in [-0.3, -0.25) is 0 Å². The number of epoxide rings is 1. The first-order chi connectivity index (χ1) is 12.5. The predicted molar refractivity (Wildman–Crippen MR) is 93.4 cm³/mol. The molecule has 2 saturated heterocycles. The number of carbonyl (C=O) groups excluding carboxylic acids is 2. The fourth-order valence-corrected chi connectivity index (χ4v) is 4.87. The lowest BCUT2D eigenvalue weighted by Crippen LogP contribution is -2.56. The van der Waals surface area contributed by atoms with Crippen molar-refractivity contribution >= 4 is 11.9 Å². The number of rotatable bonds is 2. The highest BCUT2D eigenvalue weighted by Crippen LogP contribution is 2.64. The van der Waals surface area contributed by atoms with Crippen LogP contribution in [0.25, 0.3) is 0 Å². The Labute approximate surface area is 157 Å². The molecule has 7 nitrogen and oxygen atoms in total. The van der Waals surface area contributed by atoms with Gasteiger partial charge in [0.15, 0.2) is 5.60 Å². The molecule has 27 heavy (non-hydrogen) atoms. The summed E-state index contributed by atoms with van der Waals surface area (Å²) in [6.07, 6.45) is -1.77. The van der Waals surface area contributed by atoms with E-state index >= 15 is 0 Å². The van der Waals surface area contributed by atoms with E-state index in [1.807, 2.05) is 0 Å². The van der Waals surface area contributed by atoms with E-state index in [9.17, 15) is 19.8 Å². The van der Waals surface area contributed by atoms with Crippen molar-refractivity contribution < 1.29 is 34.0 Å². The summed E-state index contributed by atoms with van der Waals surface area (Å²) in [6, 6.07) is 0. The molecule has 0 amide bonds.